The maximum atomic E-state index is 13.1. The van der Waals surface area contributed by atoms with Crippen molar-refractivity contribution in [1.82, 2.24) is 24.5 Å². The van der Waals surface area contributed by atoms with E-state index in [0.717, 1.165) is 37.9 Å². The molecule has 0 saturated heterocycles. The molecular formula is C25H24FN7O3. The van der Waals surface area contributed by atoms with E-state index in [1.54, 1.807) is 22.8 Å². The zero-order valence-corrected chi connectivity index (χ0v) is 19.4. The SMILES string of the molecule is Nc1nc(COC(=O)c2ccc3c(=O)n4c(nc3c2)CCCCCC4)nc(Nc2ccc(F)cc2)n1. The number of nitrogens with zero attached hydrogens (tertiary/aromatic N) is 5. The Labute approximate surface area is 205 Å². The highest BCUT2D eigenvalue weighted by Crippen LogP contribution is 2.18. The second kappa shape index (κ2) is 10.1. The third-order valence-corrected chi connectivity index (χ3v) is 5.93. The van der Waals surface area contributed by atoms with Gasteiger partial charge in [-0.25, -0.2) is 14.2 Å². The number of carbonyl (C=O) groups excluding carboxylic acids is 1. The van der Waals surface area contributed by atoms with E-state index < -0.39 is 5.97 Å². The predicted molar refractivity (Wildman–Crippen MR) is 131 cm³/mol. The molecule has 1 aliphatic rings. The second-order valence-electron chi connectivity index (χ2n) is 8.52. The van der Waals surface area contributed by atoms with Crippen molar-refractivity contribution in [3.05, 3.63) is 75.8 Å². The maximum absolute atomic E-state index is 13.1. The van der Waals surface area contributed by atoms with Crippen LogP contribution in [0.15, 0.2) is 47.3 Å². The molecule has 2 aromatic carbocycles. The fraction of sp³-hybridized carbons (Fsp3) is 0.280. The minimum Gasteiger partial charge on any atom is -0.454 e. The number of hydrogen-bond donors (Lipinski definition) is 2. The molecule has 3 N–H and O–H groups in total. The highest BCUT2D eigenvalue weighted by Gasteiger charge is 2.16. The lowest BCUT2D eigenvalue weighted by atomic mass is 10.1. The maximum Gasteiger partial charge on any atom is 0.338 e. The fourth-order valence-corrected chi connectivity index (χ4v) is 4.16. The highest BCUT2D eigenvalue weighted by molar-refractivity contribution is 5.94. The van der Waals surface area contributed by atoms with E-state index in [1.807, 2.05) is 0 Å². The van der Waals surface area contributed by atoms with Crippen LogP contribution in [0.2, 0.25) is 0 Å². The second-order valence-corrected chi connectivity index (χ2v) is 8.52. The number of nitrogen functional groups attached to an aromatic ring is 1. The molecule has 0 spiro atoms. The summed E-state index contributed by atoms with van der Waals surface area (Å²) in [4.78, 5) is 42.6. The van der Waals surface area contributed by atoms with E-state index in [4.69, 9.17) is 10.5 Å². The Bertz CT molecular complexity index is 1490. The molecule has 0 atom stereocenters. The van der Waals surface area contributed by atoms with E-state index in [-0.39, 0.29) is 41.3 Å². The van der Waals surface area contributed by atoms with Crippen molar-refractivity contribution < 1.29 is 13.9 Å². The van der Waals surface area contributed by atoms with Crippen molar-refractivity contribution in [1.29, 1.82) is 0 Å². The van der Waals surface area contributed by atoms with Crippen LogP contribution < -0.4 is 16.6 Å². The van der Waals surface area contributed by atoms with Crippen molar-refractivity contribution in [2.24, 2.45) is 0 Å². The van der Waals surface area contributed by atoms with E-state index in [9.17, 15) is 14.0 Å². The van der Waals surface area contributed by atoms with Gasteiger partial charge in [0.25, 0.3) is 5.56 Å². The number of carbonyl (C=O) groups is 1. The van der Waals surface area contributed by atoms with Gasteiger partial charge in [0.15, 0.2) is 12.4 Å². The number of anilines is 3. The molecule has 0 bridgehead atoms. The number of ether oxygens (including phenoxy) is 1. The van der Waals surface area contributed by atoms with Crippen molar-refractivity contribution in [2.75, 3.05) is 11.1 Å². The van der Waals surface area contributed by atoms with Crippen LogP contribution in [0.3, 0.4) is 0 Å². The first-order valence-electron chi connectivity index (χ1n) is 11.7. The molecule has 10 nitrogen and oxygen atoms in total. The number of rotatable bonds is 5. The van der Waals surface area contributed by atoms with Gasteiger partial charge in [-0.3, -0.25) is 9.36 Å². The first-order chi connectivity index (χ1) is 17.5. The number of halogens is 1. The van der Waals surface area contributed by atoms with Crippen LogP contribution in [0.1, 0.15) is 47.7 Å². The quantitative estimate of drug-likeness (QED) is 0.403. The van der Waals surface area contributed by atoms with Crippen LogP contribution in [0.4, 0.5) is 22.0 Å². The third-order valence-electron chi connectivity index (χ3n) is 5.93. The normalized spacial score (nSPS) is 13.5. The summed E-state index contributed by atoms with van der Waals surface area (Å²) < 4.78 is 20.3. The van der Waals surface area contributed by atoms with Gasteiger partial charge >= 0.3 is 5.97 Å². The molecule has 0 unspecified atom stereocenters. The lowest BCUT2D eigenvalue weighted by Gasteiger charge is -2.16. The number of hydrogen-bond acceptors (Lipinski definition) is 9. The summed E-state index contributed by atoms with van der Waals surface area (Å²) in [5.74, 6) is -0.0287. The first-order valence-corrected chi connectivity index (χ1v) is 11.7. The minimum absolute atomic E-state index is 0.0625. The summed E-state index contributed by atoms with van der Waals surface area (Å²) in [6, 6.07) is 10.4. The molecule has 3 heterocycles. The van der Waals surface area contributed by atoms with Gasteiger partial charge in [-0.2, -0.15) is 15.0 Å². The molecule has 0 fully saturated rings. The molecule has 11 heteroatoms. The number of benzene rings is 2. The number of nitrogens with two attached hydrogens (primary N) is 1. The zero-order chi connectivity index (χ0) is 25.1. The lowest BCUT2D eigenvalue weighted by Crippen LogP contribution is -2.26. The molecule has 36 heavy (non-hydrogen) atoms. The number of nitrogens with one attached hydrogen (secondary N) is 1. The standard InChI is InChI=1S/C25H24FN7O3/c26-16-7-9-17(10-8-16)28-25-31-20(30-24(27)32-25)14-36-23(35)15-6-11-18-19(13-15)29-21-5-3-1-2-4-12-33(21)22(18)34/h6-11,13H,1-5,12,14H2,(H3,27,28,30,31,32). The Morgan fingerprint density at radius 1 is 1.03 bits per heavy atom. The first kappa shape index (κ1) is 23.3. The Morgan fingerprint density at radius 2 is 1.83 bits per heavy atom. The monoisotopic (exact) mass is 489 g/mol. The molecule has 0 aliphatic carbocycles. The van der Waals surface area contributed by atoms with Gasteiger partial charge in [-0.05, 0) is 55.3 Å². The lowest BCUT2D eigenvalue weighted by molar-refractivity contribution is 0.0462. The zero-order valence-electron chi connectivity index (χ0n) is 19.4. The van der Waals surface area contributed by atoms with E-state index in [2.05, 4.69) is 25.3 Å². The van der Waals surface area contributed by atoms with Crippen molar-refractivity contribution >= 4 is 34.5 Å². The Balaban J connectivity index is 1.32. The summed E-state index contributed by atoms with van der Waals surface area (Å²) in [6.07, 6.45) is 4.88. The summed E-state index contributed by atoms with van der Waals surface area (Å²) in [5, 5.41) is 3.37. The van der Waals surface area contributed by atoms with Gasteiger partial charge < -0.3 is 15.8 Å². The molecule has 0 saturated carbocycles. The molecule has 4 aromatic rings. The molecule has 184 valence electrons. The third kappa shape index (κ3) is 5.14. The highest BCUT2D eigenvalue weighted by atomic mass is 19.1. The van der Waals surface area contributed by atoms with Gasteiger partial charge in [0, 0.05) is 18.7 Å². The molecule has 0 amide bonds. The molecule has 1 aliphatic heterocycles. The number of fused-ring (bicyclic) bond motifs is 2. The van der Waals surface area contributed by atoms with Crippen LogP contribution in [0, 0.1) is 5.82 Å². The average molecular weight is 490 g/mol. The molecule has 0 radical (unpaired) electrons. The van der Waals surface area contributed by atoms with Crippen LogP contribution in [-0.4, -0.2) is 30.5 Å². The largest absolute Gasteiger partial charge is 0.454 e. The molecule has 5 rings (SSSR count). The summed E-state index contributed by atoms with van der Waals surface area (Å²) in [5.41, 5.74) is 6.96. The Hall–Kier alpha value is -4.41. The number of aromatic nitrogens is 5. The van der Waals surface area contributed by atoms with Crippen LogP contribution >= 0.6 is 0 Å². The molecular weight excluding hydrogens is 465 g/mol. The fourth-order valence-electron chi connectivity index (χ4n) is 4.16. The van der Waals surface area contributed by atoms with Gasteiger partial charge in [-0.15, -0.1) is 0 Å². The van der Waals surface area contributed by atoms with E-state index in [1.165, 1.54) is 24.3 Å². The average Bonchev–Trinajstić information content (AvgIpc) is 2.84. The van der Waals surface area contributed by atoms with Crippen molar-refractivity contribution in [3.63, 3.8) is 0 Å². The minimum atomic E-state index is -0.613. The Morgan fingerprint density at radius 3 is 2.67 bits per heavy atom. The van der Waals surface area contributed by atoms with Gasteiger partial charge in [0.05, 0.1) is 16.5 Å². The topological polar surface area (TPSA) is 138 Å². The Kier molecular flexibility index (Phi) is 6.52. The molecule has 2 aromatic heterocycles. The van der Waals surface area contributed by atoms with Crippen LogP contribution in [-0.2, 0) is 24.3 Å². The summed E-state index contributed by atoms with van der Waals surface area (Å²) in [7, 11) is 0. The number of esters is 1. The summed E-state index contributed by atoms with van der Waals surface area (Å²) >= 11 is 0. The van der Waals surface area contributed by atoms with Gasteiger partial charge in [-0.1, -0.05) is 12.8 Å². The smallest absolute Gasteiger partial charge is 0.338 e. The van der Waals surface area contributed by atoms with Gasteiger partial charge in [0.1, 0.15) is 11.6 Å². The van der Waals surface area contributed by atoms with E-state index in [0.29, 0.717) is 23.1 Å². The van der Waals surface area contributed by atoms with Crippen molar-refractivity contribution in [3.8, 4) is 0 Å². The van der Waals surface area contributed by atoms with Crippen LogP contribution in [0.5, 0.6) is 0 Å². The summed E-state index contributed by atoms with van der Waals surface area (Å²) in [6.45, 7) is 0.413. The van der Waals surface area contributed by atoms with E-state index >= 15 is 0 Å². The van der Waals surface area contributed by atoms with Crippen molar-refractivity contribution in [2.45, 2.75) is 45.3 Å². The predicted octanol–water partition coefficient (Wildman–Crippen LogP) is 3.52. The van der Waals surface area contributed by atoms with Crippen LogP contribution in [0.25, 0.3) is 10.9 Å². The number of aryl methyl sites for hydroxylation is 1. The van der Waals surface area contributed by atoms with Gasteiger partial charge in [0.2, 0.25) is 11.9 Å².